The predicted molar refractivity (Wildman–Crippen MR) is 95.6 cm³/mol. The number of amides is 1. The van der Waals surface area contributed by atoms with Crippen LogP contribution in [0.3, 0.4) is 0 Å². The van der Waals surface area contributed by atoms with Gasteiger partial charge in [-0.05, 0) is 23.8 Å². The molecule has 0 aliphatic carbocycles. The average Bonchev–Trinajstić information content (AvgIpc) is 3.17. The van der Waals surface area contributed by atoms with Gasteiger partial charge in [0.25, 0.3) is 5.91 Å². The largest absolute Gasteiger partial charge is 0.480 e. The highest BCUT2D eigenvalue weighted by Crippen LogP contribution is 2.23. The van der Waals surface area contributed by atoms with Crippen molar-refractivity contribution in [2.45, 2.75) is 13.1 Å². The molecule has 3 aromatic rings. The van der Waals surface area contributed by atoms with E-state index in [1.54, 1.807) is 0 Å². The first-order chi connectivity index (χ1) is 12.8. The molecule has 2 heterocycles. The summed E-state index contributed by atoms with van der Waals surface area (Å²) >= 11 is 12.1. The van der Waals surface area contributed by atoms with Crippen molar-refractivity contribution < 1.29 is 19.1 Å². The van der Waals surface area contributed by atoms with Gasteiger partial charge in [0.1, 0.15) is 17.4 Å². The first-order valence-electron chi connectivity index (χ1n) is 7.55. The van der Waals surface area contributed by atoms with Crippen molar-refractivity contribution in [3.63, 3.8) is 0 Å². The topological polar surface area (TPSA) is 102 Å². The fourth-order valence-electron chi connectivity index (χ4n) is 2.27. The Morgan fingerprint density at radius 3 is 2.63 bits per heavy atom. The third-order valence-corrected chi connectivity index (χ3v) is 4.10. The molecule has 0 aliphatic rings. The number of carbonyl (C=O) groups is 2. The Kier molecular flexibility index (Phi) is 5.43. The summed E-state index contributed by atoms with van der Waals surface area (Å²) in [5.74, 6) is -2.01. The molecule has 1 amide bonds. The Labute approximate surface area is 162 Å². The number of aliphatic carboxylic acids is 1. The first kappa shape index (κ1) is 18.9. The van der Waals surface area contributed by atoms with Crippen molar-refractivity contribution in [1.82, 2.24) is 19.6 Å². The maximum Gasteiger partial charge on any atom is 0.325 e. The number of nitrogens with zero attached hydrogens (tertiary/aromatic N) is 4. The summed E-state index contributed by atoms with van der Waals surface area (Å²) in [6, 6.07) is 5.38. The molecule has 8 nitrogen and oxygen atoms in total. The Hall–Kier alpha value is -2.91. The molecule has 0 fully saturated rings. The molecule has 1 aromatic carbocycles. The molecule has 27 heavy (non-hydrogen) atoms. The van der Waals surface area contributed by atoms with Crippen LogP contribution in [0.2, 0.25) is 10.0 Å². The number of hydrogen-bond donors (Lipinski definition) is 2. The summed E-state index contributed by atoms with van der Waals surface area (Å²) in [4.78, 5) is 22.9. The summed E-state index contributed by atoms with van der Waals surface area (Å²) < 4.78 is 15.7. The minimum Gasteiger partial charge on any atom is -0.480 e. The highest BCUT2D eigenvalue weighted by Gasteiger charge is 2.16. The van der Waals surface area contributed by atoms with E-state index in [0.29, 0.717) is 5.56 Å². The SMILES string of the molecule is O=C(O)Cn1ccc(C(=O)Nc2nn(Cc3ccc(F)cc3Cl)cc2Cl)n1. The zero-order valence-electron chi connectivity index (χ0n) is 13.6. The van der Waals surface area contributed by atoms with Crippen LogP contribution in [0.1, 0.15) is 16.1 Å². The Morgan fingerprint density at radius 1 is 1.15 bits per heavy atom. The van der Waals surface area contributed by atoms with E-state index in [2.05, 4.69) is 15.5 Å². The van der Waals surface area contributed by atoms with Crippen molar-refractivity contribution in [3.8, 4) is 0 Å². The van der Waals surface area contributed by atoms with E-state index < -0.39 is 17.7 Å². The summed E-state index contributed by atoms with van der Waals surface area (Å²) in [6.07, 6.45) is 2.86. The second-order valence-corrected chi connectivity index (χ2v) is 6.32. The second kappa shape index (κ2) is 7.77. The zero-order chi connectivity index (χ0) is 19.6. The van der Waals surface area contributed by atoms with Crippen LogP contribution in [0.4, 0.5) is 10.2 Å². The third kappa shape index (κ3) is 4.63. The number of nitrogens with one attached hydrogen (secondary N) is 1. The summed E-state index contributed by atoms with van der Waals surface area (Å²) in [6.45, 7) is -0.136. The molecule has 0 radical (unpaired) electrons. The molecular formula is C16H12Cl2FN5O3. The number of carboxylic acid groups (broad SMARTS) is 1. The molecule has 2 N–H and O–H groups in total. The standard InChI is InChI=1S/C16H12Cl2FN5O3/c17-11-5-10(19)2-1-9(11)6-24-7-12(18)15(22-24)20-16(27)13-3-4-23(21-13)8-14(25)26/h1-5,7H,6,8H2,(H,25,26)(H,20,22,27). The normalized spacial score (nSPS) is 10.8. The number of benzene rings is 1. The van der Waals surface area contributed by atoms with Crippen LogP contribution >= 0.6 is 23.2 Å². The van der Waals surface area contributed by atoms with Crippen LogP contribution in [0.15, 0.2) is 36.7 Å². The van der Waals surface area contributed by atoms with Gasteiger partial charge in [0, 0.05) is 17.4 Å². The second-order valence-electron chi connectivity index (χ2n) is 5.51. The number of anilines is 1. The van der Waals surface area contributed by atoms with Crippen LogP contribution in [-0.4, -0.2) is 36.5 Å². The van der Waals surface area contributed by atoms with E-state index in [0.717, 1.165) is 4.68 Å². The first-order valence-corrected chi connectivity index (χ1v) is 8.31. The van der Waals surface area contributed by atoms with Crippen LogP contribution in [0, 0.1) is 5.82 Å². The number of rotatable bonds is 6. The number of carboxylic acids is 1. The summed E-state index contributed by atoms with van der Waals surface area (Å²) in [5, 5.41) is 19.7. The Morgan fingerprint density at radius 2 is 1.93 bits per heavy atom. The van der Waals surface area contributed by atoms with Crippen LogP contribution in [0.5, 0.6) is 0 Å². The fraction of sp³-hybridized carbons (Fsp3) is 0.125. The molecule has 0 unspecified atom stereocenters. The lowest BCUT2D eigenvalue weighted by Gasteiger charge is -2.04. The van der Waals surface area contributed by atoms with Crippen LogP contribution in [-0.2, 0) is 17.9 Å². The molecule has 0 aliphatic heterocycles. The maximum absolute atomic E-state index is 13.1. The minimum absolute atomic E-state index is 0.0171. The Bertz CT molecular complexity index is 1020. The molecule has 0 spiro atoms. The lowest BCUT2D eigenvalue weighted by molar-refractivity contribution is -0.137. The summed E-state index contributed by atoms with van der Waals surface area (Å²) in [7, 11) is 0. The molecule has 0 bridgehead atoms. The third-order valence-electron chi connectivity index (χ3n) is 3.47. The van der Waals surface area contributed by atoms with E-state index in [-0.39, 0.29) is 34.6 Å². The lowest BCUT2D eigenvalue weighted by Crippen LogP contribution is -2.15. The van der Waals surface area contributed by atoms with Gasteiger partial charge in [-0.1, -0.05) is 29.3 Å². The summed E-state index contributed by atoms with van der Waals surface area (Å²) in [5.41, 5.74) is 0.644. The van der Waals surface area contributed by atoms with Gasteiger partial charge in [-0.15, -0.1) is 0 Å². The number of aromatic nitrogens is 4. The monoisotopic (exact) mass is 411 g/mol. The number of hydrogen-bond acceptors (Lipinski definition) is 4. The van der Waals surface area contributed by atoms with E-state index in [4.69, 9.17) is 28.3 Å². The number of carbonyl (C=O) groups excluding carboxylic acids is 1. The Balaban J connectivity index is 1.71. The number of halogens is 3. The zero-order valence-corrected chi connectivity index (χ0v) is 15.1. The molecule has 3 rings (SSSR count). The van der Waals surface area contributed by atoms with Gasteiger partial charge in [0.2, 0.25) is 0 Å². The van der Waals surface area contributed by atoms with Crippen molar-refractivity contribution in [2.24, 2.45) is 0 Å². The average molecular weight is 412 g/mol. The van der Waals surface area contributed by atoms with Crippen molar-refractivity contribution in [3.05, 3.63) is 63.8 Å². The highest BCUT2D eigenvalue weighted by atomic mass is 35.5. The smallest absolute Gasteiger partial charge is 0.325 e. The van der Waals surface area contributed by atoms with Gasteiger partial charge in [-0.25, -0.2) is 4.39 Å². The molecule has 0 saturated heterocycles. The molecule has 0 saturated carbocycles. The van der Waals surface area contributed by atoms with Crippen molar-refractivity contribution >= 4 is 40.9 Å². The minimum atomic E-state index is -1.08. The molecule has 140 valence electrons. The van der Waals surface area contributed by atoms with Crippen molar-refractivity contribution in [2.75, 3.05) is 5.32 Å². The van der Waals surface area contributed by atoms with Crippen LogP contribution in [0.25, 0.3) is 0 Å². The van der Waals surface area contributed by atoms with Gasteiger partial charge in [-0.2, -0.15) is 10.2 Å². The van der Waals surface area contributed by atoms with E-state index in [9.17, 15) is 14.0 Å². The van der Waals surface area contributed by atoms with E-state index in [1.165, 1.54) is 41.3 Å². The molecule has 11 heteroatoms. The van der Waals surface area contributed by atoms with Crippen LogP contribution < -0.4 is 5.32 Å². The highest BCUT2D eigenvalue weighted by molar-refractivity contribution is 6.33. The van der Waals surface area contributed by atoms with Crippen molar-refractivity contribution in [1.29, 1.82) is 0 Å². The lowest BCUT2D eigenvalue weighted by atomic mass is 10.2. The molecular weight excluding hydrogens is 400 g/mol. The van der Waals surface area contributed by atoms with Gasteiger partial charge < -0.3 is 10.4 Å². The van der Waals surface area contributed by atoms with Gasteiger partial charge in [0.05, 0.1) is 6.54 Å². The van der Waals surface area contributed by atoms with E-state index in [1.807, 2.05) is 0 Å². The molecule has 0 atom stereocenters. The fourth-order valence-corrected chi connectivity index (χ4v) is 2.69. The maximum atomic E-state index is 13.1. The van der Waals surface area contributed by atoms with E-state index >= 15 is 0 Å². The van der Waals surface area contributed by atoms with Gasteiger partial charge >= 0.3 is 5.97 Å². The quantitative estimate of drug-likeness (QED) is 0.648. The predicted octanol–water partition coefficient (Wildman–Crippen LogP) is 2.91. The van der Waals surface area contributed by atoms with Gasteiger partial charge in [0.15, 0.2) is 11.5 Å². The van der Waals surface area contributed by atoms with Gasteiger partial charge in [-0.3, -0.25) is 19.0 Å². The molecule has 2 aromatic heterocycles.